The summed E-state index contributed by atoms with van der Waals surface area (Å²) in [6.07, 6.45) is 9.83. The third-order valence-corrected chi connectivity index (χ3v) is 5.78. The lowest BCUT2D eigenvalue weighted by molar-refractivity contribution is -0.134. The van der Waals surface area contributed by atoms with Gasteiger partial charge in [-0.25, -0.2) is 0 Å². The summed E-state index contributed by atoms with van der Waals surface area (Å²) < 4.78 is 0. The van der Waals surface area contributed by atoms with Gasteiger partial charge in [0.25, 0.3) is 0 Å². The number of carbonyl (C=O) groups is 1. The molecule has 2 fully saturated rings. The van der Waals surface area contributed by atoms with Crippen LogP contribution in [0, 0.1) is 5.41 Å². The number of likely N-dealkylation sites (tertiary alicyclic amines) is 1. The molecule has 1 saturated heterocycles. The van der Waals surface area contributed by atoms with Crippen LogP contribution in [0.3, 0.4) is 0 Å². The normalized spacial score (nSPS) is 25.5. The molecule has 0 aromatic carbocycles. The number of piperidine rings is 1. The molecule has 0 aromatic rings. The van der Waals surface area contributed by atoms with Crippen LogP contribution >= 0.6 is 0 Å². The summed E-state index contributed by atoms with van der Waals surface area (Å²) in [5.74, 6) is 0.296. The van der Waals surface area contributed by atoms with Gasteiger partial charge in [0.15, 0.2) is 0 Å². The number of nitrogens with two attached hydrogens (primary N) is 1. The van der Waals surface area contributed by atoms with Crippen LogP contribution in [0.25, 0.3) is 0 Å². The van der Waals surface area contributed by atoms with Crippen molar-refractivity contribution in [2.75, 3.05) is 13.1 Å². The van der Waals surface area contributed by atoms with E-state index in [1.165, 1.54) is 38.5 Å². The minimum Gasteiger partial charge on any atom is -0.343 e. The SMILES string of the molecule is CCC1(CC)CCN(C(=O)CC2(N)CCCC2)CC1. The Balaban J connectivity index is 1.85. The van der Waals surface area contributed by atoms with Crippen molar-refractivity contribution in [1.82, 2.24) is 4.90 Å². The largest absolute Gasteiger partial charge is 0.343 e. The molecule has 1 aliphatic carbocycles. The second kappa shape index (κ2) is 5.82. The Hall–Kier alpha value is -0.570. The summed E-state index contributed by atoms with van der Waals surface area (Å²) in [6, 6.07) is 0. The summed E-state index contributed by atoms with van der Waals surface area (Å²) >= 11 is 0. The minimum absolute atomic E-state index is 0.193. The van der Waals surface area contributed by atoms with Gasteiger partial charge in [0.2, 0.25) is 5.91 Å². The Bertz CT molecular complexity index is 307. The molecular formula is C16H30N2O. The molecule has 1 heterocycles. The van der Waals surface area contributed by atoms with Gasteiger partial charge in [-0.15, -0.1) is 0 Å². The fourth-order valence-electron chi connectivity index (χ4n) is 3.86. The van der Waals surface area contributed by atoms with Crippen LogP contribution in [-0.2, 0) is 4.79 Å². The fraction of sp³-hybridized carbons (Fsp3) is 0.938. The summed E-state index contributed by atoms with van der Waals surface area (Å²) in [4.78, 5) is 14.5. The quantitative estimate of drug-likeness (QED) is 0.850. The summed E-state index contributed by atoms with van der Waals surface area (Å²) in [5.41, 5.74) is 6.62. The van der Waals surface area contributed by atoms with E-state index >= 15 is 0 Å². The molecule has 0 unspecified atom stereocenters. The lowest BCUT2D eigenvalue weighted by atomic mass is 9.74. The molecule has 0 atom stereocenters. The van der Waals surface area contributed by atoms with Gasteiger partial charge >= 0.3 is 0 Å². The molecule has 0 spiro atoms. The highest BCUT2D eigenvalue weighted by Crippen LogP contribution is 2.38. The first-order chi connectivity index (χ1) is 9.02. The van der Waals surface area contributed by atoms with Gasteiger partial charge in [-0.1, -0.05) is 39.5 Å². The topological polar surface area (TPSA) is 46.3 Å². The van der Waals surface area contributed by atoms with E-state index in [-0.39, 0.29) is 5.54 Å². The van der Waals surface area contributed by atoms with E-state index in [1.807, 2.05) is 0 Å². The molecule has 2 aliphatic rings. The van der Waals surface area contributed by atoms with Crippen molar-refractivity contribution < 1.29 is 4.79 Å². The second-order valence-corrected chi connectivity index (χ2v) is 6.83. The molecule has 1 amide bonds. The zero-order valence-corrected chi connectivity index (χ0v) is 12.7. The molecule has 2 N–H and O–H groups in total. The van der Waals surface area contributed by atoms with Crippen LogP contribution in [0.2, 0.25) is 0 Å². The molecule has 3 nitrogen and oxygen atoms in total. The van der Waals surface area contributed by atoms with E-state index < -0.39 is 0 Å². The van der Waals surface area contributed by atoms with E-state index in [2.05, 4.69) is 18.7 Å². The van der Waals surface area contributed by atoms with Gasteiger partial charge in [0.1, 0.15) is 0 Å². The van der Waals surface area contributed by atoms with Crippen molar-refractivity contribution in [3.8, 4) is 0 Å². The molecule has 0 aromatic heterocycles. The molecule has 19 heavy (non-hydrogen) atoms. The number of amides is 1. The molecular weight excluding hydrogens is 236 g/mol. The van der Waals surface area contributed by atoms with E-state index in [1.54, 1.807) is 0 Å². The van der Waals surface area contributed by atoms with E-state index in [9.17, 15) is 4.79 Å². The second-order valence-electron chi connectivity index (χ2n) is 6.83. The smallest absolute Gasteiger partial charge is 0.224 e. The highest BCUT2D eigenvalue weighted by molar-refractivity contribution is 5.77. The van der Waals surface area contributed by atoms with Crippen molar-refractivity contribution in [2.24, 2.45) is 11.1 Å². The zero-order chi connectivity index (χ0) is 13.9. The summed E-state index contributed by atoms with van der Waals surface area (Å²) in [5, 5.41) is 0. The third kappa shape index (κ3) is 3.31. The van der Waals surface area contributed by atoms with Gasteiger partial charge < -0.3 is 10.6 Å². The van der Waals surface area contributed by atoms with Crippen molar-refractivity contribution in [1.29, 1.82) is 0 Å². The lowest BCUT2D eigenvalue weighted by Gasteiger charge is -2.41. The Morgan fingerprint density at radius 3 is 2.05 bits per heavy atom. The van der Waals surface area contributed by atoms with Gasteiger partial charge in [-0.2, -0.15) is 0 Å². The minimum atomic E-state index is -0.193. The number of carbonyl (C=O) groups excluding carboxylic acids is 1. The molecule has 0 bridgehead atoms. The lowest BCUT2D eigenvalue weighted by Crippen LogP contribution is -2.47. The Morgan fingerprint density at radius 2 is 1.58 bits per heavy atom. The van der Waals surface area contributed by atoms with Crippen molar-refractivity contribution >= 4 is 5.91 Å². The van der Waals surface area contributed by atoms with Gasteiger partial charge in [-0.05, 0) is 31.1 Å². The average molecular weight is 266 g/mol. The highest BCUT2D eigenvalue weighted by Gasteiger charge is 2.36. The van der Waals surface area contributed by atoms with Crippen LogP contribution in [0.4, 0.5) is 0 Å². The Kier molecular flexibility index (Phi) is 4.54. The maximum atomic E-state index is 12.4. The van der Waals surface area contributed by atoms with E-state index in [4.69, 9.17) is 5.73 Å². The van der Waals surface area contributed by atoms with E-state index in [0.29, 0.717) is 17.7 Å². The Labute approximate surface area is 117 Å². The predicted molar refractivity (Wildman–Crippen MR) is 78.8 cm³/mol. The molecule has 110 valence electrons. The number of rotatable bonds is 4. The fourth-order valence-corrected chi connectivity index (χ4v) is 3.86. The van der Waals surface area contributed by atoms with Crippen LogP contribution in [0.5, 0.6) is 0 Å². The van der Waals surface area contributed by atoms with Gasteiger partial charge in [-0.3, -0.25) is 4.79 Å². The summed E-state index contributed by atoms with van der Waals surface area (Å²) in [6.45, 7) is 6.45. The molecule has 2 rings (SSSR count). The van der Waals surface area contributed by atoms with Crippen LogP contribution < -0.4 is 5.73 Å². The monoisotopic (exact) mass is 266 g/mol. The maximum Gasteiger partial charge on any atom is 0.224 e. The van der Waals surface area contributed by atoms with Crippen molar-refractivity contribution in [2.45, 2.75) is 77.2 Å². The first kappa shape index (κ1) is 14.8. The molecule has 1 saturated carbocycles. The van der Waals surface area contributed by atoms with Crippen molar-refractivity contribution in [3.05, 3.63) is 0 Å². The molecule has 3 heteroatoms. The number of nitrogens with zero attached hydrogens (tertiary/aromatic N) is 1. The highest BCUT2D eigenvalue weighted by atomic mass is 16.2. The zero-order valence-electron chi connectivity index (χ0n) is 12.7. The van der Waals surface area contributed by atoms with Gasteiger partial charge in [0, 0.05) is 25.0 Å². The van der Waals surface area contributed by atoms with E-state index in [0.717, 1.165) is 25.9 Å². The van der Waals surface area contributed by atoms with Crippen LogP contribution in [0.15, 0.2) is 0 Å². The van der Waals surface area contributed by atoms with Crippen molar-refractivity contribution in [3.63, 3.8) is 0 Å². The van der Waals surface area contributed by atoms with Gasteiger partial charge in [0.05, 0.1) is 0 Å². The maximum absolute atomic E-state index is 12.4. The average Bonchev–Trinajstić information content (AvgIpc) is 2.85. The third-order valence-electron chi connectivity index (χ3n) is 5.78. The number of hydrogen-bond acceptors (Lipinski definition) is 2. The predicted octanol–water partition coefficient (Wildman–Crippen LogP) is 3.08. The molecule has 0 radical (unpaired) electrons. The number of hydrogen-bond donors (Lipinski definition) is 1. The summed E-state index contributed by atoms with van der Waals surface area (Å²) in [7, 11) is 0. The standard InChI is InChI=1S/C16H30N2O/c1-3-15(4-2)9-11-18(12-10-15)14(19)13-16(17)7-5-6-8-16/h3-13,17H2,1-2H3. The molecule has 1 aliphatic heterocycles. The van der Waals surface area contributed by atoms with Crippen LogP contribution in [-0.4, -0.2) is 29.4 Å². The first-order valence-corrected chi connectivity index (χ1v) is 8.09. The van der Waals surface area contributed by atoms with Crippen LogP contribution in [0.1, 0.15) is 71.6 Å². The first-order valence-electron chi connectivity index (χ1n) is 8.09. The Morgan fingerprint density at radius 1 is 1.05 bits per heavy atom.